The average Bonchev–Trinajstić information content (AvgIpc) is 2.73. The summed E-state index contributed by atoms with van der Waals surface area (Å²) in [6.45, 7) is 2.07. The molecular formula is C23H19ClN2O3. The van der Waals surface area contributed by atoms with Crippen molar-refractivity contribution in [3.63, 3.8) is 0 Å². The summed E-state index contributed by atoms with van der Waals surface area (Å²) in [5.41, 5.74) is 3.21. The van der Waals surface area contributed by atoms with Crippen LogP contribution in [0.15, 0.2) is 72.8 Å². The number of rotatable bonds is 6. The molecule has 0 aliphatic heterocycles. The highest BCUT2D eigenvalue weighted by Crippen LogP contribution is 2.20. The Balaban J connectivity index is 1.74. The largest absolute Gasteiger partial charge is 0.463 e. The number of nitrogens with one attached hydrogen (secondary N) is 1. The van der Waals surface area contributed by atoms with Crippen LogP contribution in [0.25, 0.3) is 17.3 Å². The molecule has 0 aliphatic carbocycles. The summed E-state index contributed by atoms with van der Waals surface area (Å²) in [7, 11) is 0. The lowest BCUT2D eigenvalue weighted by Crippen LogP contribution is -2.13. The molecule has 0 saturated carbocycles. The number of amides is 1. The minimum Gasteiger partial charge on any atom is -0.463 e. The van der Waals surface area contributed by atoms with Gasteiger partial charge in [-0.25, -0.2) is 9.78 Å². The molecule has 0 spiro atoms. The first-order valence-electron chi connectivity index (χ1n) is 9.04. The van der Waals surface area contributed by atoms with E-state index < -0.39 is 5.97 Å². The van der Waals surface area contributed by atoms with E-state index in [2.05, 4.69) is 10.3 Å². The van der Waals surface area contributed by atoms with Crippen molar-refractivity contribution in [2.24, 2.45) is 0 Å². The van der Waals surface area contributed by atoms with Gasteiger partial charge in [-0.1, -0.05) is 41.9 Å². The first kappa shape index (κ1) is 20.3. The Morgan fingerprint density at radius 2 is 1.83 bits per heavy atom. The van der Waals surface area contributed by atoms with Gasteiger partial charge in [-0.15, -0.1) is 0 Å². The molecule has 0 radical (unpaired) electrons. The van der Waals surface area contributed by atoms with Gasteiger partial charge in [0.05, 0.1) is 12.3 Å². The molecule has 0 bridgehead atoms. The number of benzene rings is 2. The molecule has 29 heavy (non-hydrogen) atoms. The van der Waals surface area contributed by atoms with E-state index in [4.69, 9.17) is 16.3 Å². The Morgan fingerprint density at radius 1 is 1.07 bits per heavy atom. The lowest BCUT2D eigenvalue weighted by molar-refractivity contribution is -0.137. The molecule has 1 heterocycles. The molecule has 1 aromatic heterocycles. The van der Waals surface area contributed by atoms with Gasteiger partial charge < -0.3 is 10.1 Å². The van der Waals surface area contributed by atoms with E-state index >= 15 is 0 Å². The van der Waals surface area contributed by atoms with E-state index in [9.17, 15) is 9.59 Å². The van der Waals surface area contributed by atoms with Crippen molar-refractivity contribution in [1.82, 2.24) is 4.98 Å². The van der Waals surface area contributed by atoms with Gasteiger partial charge in [0.1, 0.15) is 5.69 Å². The fourth-order valence-electron chi connectivity index (χ4n) is 2.61. The molecule has 3 aromatic rings. The van der Waals surface area contributed by atoms with Crippen molar-refractivity contribution >= 4 is 35.2 Å². The third-order valence-corrected chi connectivity index (χ3v) is 4.22. The third-order valence-electron chi connectivity index (χ3n) is 3.96. The Bertz CT molecular complexity index is 1050. The molecule has 1 N–H and O–H groups in total. The maximum absolute atomic E-state index is 12.6. The van der Waals surface area contributed by atoms with Crippen LogP contribution in [0.2, 0.25) is 5.02 Å². The number of hydrogen-bond acceptors (Lipinski definition) is 4. The number of carbonyl (C=O) groups is 2. The van der Waals surface area contributed by atoms with Gasteiger partial charge in [0.25, 0.3) is 5.91 Å². The Morgan fingerprint density at radius 3 is 2.59 bits per heavy atom. The molecular weight excluding hydrogens is 388 g/mol. The standard InChI is InChI=1S/C23H19ClN2O3/c1-2-29-22(27)14-9-16-5-3-6-19(15-16)25-23(28)21-8-4-7-20(26-21)17-10-12-18(24)13-11-17/h3-15H,2H2,1H3,(H,25,28)/b14-9+. The summed E-state index contributed by atoms with van der Waals surface area (Å²) in [5.74, 6) is -0.738. The van der Waals surface area contributed by atoms with Crippen LogP contribution >= 0.6 is 11.6 Å². The van der Waals surface area contributed by atoms with Crippen LogP contribution in [-0.2, 0) is 9.53 Å². The predicted molar refractivity (Wildman–Crippen MR) is 115 cm³/mol. The number of esters is 1. The molecule has 0 unspecified atom stereocenters. The maximum Gasteiger partial charge on any atom is 0.330 e. The van der Waals surface area contributed by atoms with Gasteiger partial charge in [0.2, 0.25) is 0 Å². The minimum absolute atomic E-state index is 0.296. The zero-order chi connectivity index (χ0) is 20.6. The molecule has 0 fully saturated rings. The molecule has 0 aliphatic rings. The highest BCUT2D eigenvalue weighted by atomic mass is 35.5. The summed E-state index contributed by atoms with van der Waals surface area (Å²) in [6, 6.07) is 19.7. The normalized spacial score (nSPS) is 10.7. The number of anilines is 1. The second-order valence-corrected chi connectivity index (χ2v) is 6.52. The van der Waals surface area contributed by atoms with Gasteiger partial charge in [-0.2, -0.15) is 0 Å². The lowest BCUT2D eigenvalue weighted by Gasteiger charge is -2.07. The molecule has 3 rings (SSSR count). The first-order chi connectivity index (χ1) is 14.0. The third kappa shape index (κ3) is 5.77. The SMILES string of the molecule is CCOC(=O)/C=C/c1cccc(NC(=O)c2cccc(-c3ccc(Cl)cc3)n2)c1. The molecule has 2 aromatic carbocycles. The smallest absolute Gasteiger partial charge is 0.330 e. The van der Waals surface area contributed by atoms with Crippen molar-refractivity contribution in [3.8, 4) is 11.3 Å². The van der Waals surface area contributed by atoms with Crippen molar-refractivity contribution in [3.05, 3.63) is 89.1 Å². The van der Waals surface area contributed by atoms with Crippen LogP contribution in [0.5, 0.6) is 0 Å². The summed E-state index contributed by atoms with van der Waals surface area (Å²) >= 11 is 5.92. The van der Waals surface area contributed by atoms with E-state index in [0.29, 0.717) is 28.7 Å². The molecule has 0 atom stereocenters. The number of halogens is 1. The minimum atomic E-state index is -0.412. The Kier molecular flexibility index (Phi) is 6.76. The van der Waals surface area contributed by atoms with Gasteiger partial charge >= 0.3 is 5.97 Å². The Hall–Kier alpha value is -3.44. The van der Waals surface area contributed by atoms with E-state index in [0.717, 1.165) is 11.1 Å². The van der Waals surface area contributed by atoms with Crippen LogP contribution in [0.4, 0.5) is 5.69 Å². The van der Waals surface area contributed by atoms with Crippen molar-refractivity contribution < 1.29 is 14.3 Å². The highest BCUT2D eigenvalue weighted by molar-refractivity contribution is 6.30. The quantitative estimate of drug-likeness (QED) is 0.449. The predicted octanol–water partition coefficient (Wildman–Crippen LogP) is 5.23. The highest BCUT2D eigenvalue weighted by Gasteiger charge is 2.10. The monoisotopic (exact) mass is 406 g/mol. The van der Waals surface area contributed by atoms with Crippen LogP contribution in [-0.4, -0.2) is 23.5 Å². The second kappa shape index (κ2) is 9.66. The number of pyridine rings is 1. The summed E-state index contributed by atoms with van der Waals surface area (Å²) in [5, 5.41) is 3.47. The number of hydrogen-bond donors (Lipinski definition) is 1. The number of carbonyl (C=O) groups excluding carboxylic acids is 2. The molecule has 1 amide bonds. The van der Waals surface area contributed by atoms with E-state index in [1.54, 1.807) is 55.5 Å². The van der Waals surface area contributed by atoms with Gasteiger partial charge in [-0.05, 0) is 55.0 Å². The van der Waals surface area contributed by atoms with Crippen LogP contribution in [0, 0.1) is 0 Å². The van der Waals surface area contributed by atoms with Crippen LogP contribution < -0.4 is 5.32 Å². The second-order valence-electron chi connectivity index (χ2n) is 6.08. The summed E-state index contributed by atoms with van der Waals surface area (Å²) in [6.07, 6.45) is 2.98. The zero-order valence-electron chi connectivity index (χ0n) is 15.8. The van der Waals surface area contributed by atoms with Gasteiger partial charge in [0, 0.05) is 22.3 Å². The fraction of sp³-hybridized carbons (Fsp3) is 0.0870. The number of nitrogens with zero attached hydrogens (tertiary/aromatic N) is 1. The fourth-order valence-corrected chi connectivity index (χ4v) is 2.74. The van der Waals surface area contributed by atoms with E-state index in [1.807, 2.05) is 24.3 Å². The zero-order valence-corrected chi connectivity index (χ0v) is 16.5. The summed E-state index contributed by atoms with van der Waals surface area (Å²) < 4.78 is 4.86. The number of ether oxygens (including phenoxy) is 1. The average molecular weight is 407 g/mol. The van der Waals surface area contributed by atoms with Crippen LogP contribution in [0.1, 0.15) is 23.0 Å². The van der Waals surface area contributed by atoms with Gasteiger partial charge in [-0.3, -0.25) is 4.79 Å². The maximum atomic E-state index is 12.6. The molecule has 146 valence electrons. The van der Waals surface area contributed by atoms with E-state index in [1.165, 1.54) is 6.08 Å². The van der Waals surface area contributed by atoms with Crippen molar-refractivity contribution in [2.45, 2.75) is 6.92 Å². The topological polar surface area (TPSA) is 68.3 Å². The molecule has 6 heteroatoms. The lowest BCUT2D eigenvalue weighted by atomic mass is 10.1. The van der Waals surface area contributed by atoms with Crippen molar-refractivity contribution in [1.29, 1.82) is 0 Å². The van der Waals surface area contributed by atoms with Gasteiger partial charge in [0.15, 0.2) is 0 Å². The first-order valence-corrected chi connectivity index (χ1v) is 9.42. The van der Waals surface area contributed by atoms with E-state index in [-0.39, 0.29) is 5.91 Å². The number of aromatic nitrogens is 1. The molecule has 5 nitrogen and oxygen atoms in total. The van der Waals surface area contributed by atoms with Crippen LogP contribution in [0.3, 0.4) is 0 Å². The molecule has 0 saturated heterocycles. The Labute approximate surface area is 174 Å². The summed E-state index contributed by atoms with van der Waals surface area (Å²) in [4.78, 5) is 28.5. The van der Waals surface area contributed by atoms with Crippen molar-refractivity contribution in [2.75, 3.05) is 11.9 Å².